The predicted octanol–water partition coefficient (Wildman–Crippen LogP) is 2.43. The van der Waals surface area contributed by atoms with Crippen LogP contribution in [-0.4, -0.2) is 47.8 Å². The van der Waals surface area contributed by atoms with Gasteiger partial charge in [0, 0.05) is 43.1 Å². The van der Waals surface area contributed by atoms with Crippen LogP contribution in [0.15, 0.2) is 48.8 Å². The van der Waals surface area contributed by atoms with Gasteiger partial charge in [0.15, 0.2) is 0 Å². The Kier molecular flexibility index (Phi) is 4.25. The lowest BCUT2D eigenvalue weighted by Gasteiger charge is -2.40. The molecule has 1 aromatic heterocycles. The first-order valence-electron chi connectivity index (χ1n) is 8.87. The Morgan fingerprint density at radius 2 is 1.92 bits per heavy atom. The number of aliphatic hydroxyl groups is 1. The van der Waals surface area contributed by atoms with Gasteiger partial charge in [-0.3, -0.25) is 9.88 Å². The molecule has 1 aromatic carbocycles. The fourth-order valence-corrected chi connectivity index (χ4v) is 4.37. The largest absolute Gasteiger partial charge is 0.395 e. The van der Waals surface area contributed by atoms with E-state index in [4.69, 9.17) is 0 Å². The van der Waals surface area contributed by atoms with Gasteiger partial charge in [0.2, 0.25) is 0 Å². The van der Waals surface area contributed by atoms with Crippen molar-refractivity contribution in [3.05, 3.63) is 59.9 Å². The van der Waals surface area contributed by atoms with Gasteiger partial charge in [-0.25, -0.2) is 0 Å². The van der Waals surface area contributed by atoms with Crippen LogP contribution in [0.2, 0.25) is 0 Å². The second kappa shape index (κ2) is 6.54. The van der Waals surface area contributed by atoms with E-state index in [0.29, 0.717) is 0 Å². The minimum absolute atomic E-state index is 0.220. The summed E-state index contributed by atoms with van der Waals surface area (Å²) in [7, 11) is 0. The third-order valence-corrected chi connectivity index (χ3v) is 5.62. The summed E-state index contributed by atoms with van der Waals surface area (Å²) >= 11 is 0. The number of β-amino-alcohol motifs (C(OH)–C–C–N with tert-alkyl or cyclic N) is 1. The molecule has 0 bridgehead atoms. The van der Waals surface area contributed by atoms with Crippen LogP contribution in [-0.2, 0) is 12.0 Å². The van der Waals surface area contributed by atoms with E-state index < -0.39 is 0 Å². The molecule has 4 nitrogen and oxygen atoms in total. The third kappa shape index (κ3) is 2.80. The second-order valence-electron chi connectivity index (χ2n) is 7.08. The minimum atomic E-state index is 0.220. The molecule has 1 saturated heterocycles. The number of likely N-dealkylation sites (tertiary alicyclic amines) is 1. The number of anilines is 1. The molecule has 2 aliphatic rings. The molecular weight excluding hydrogens is 298 g/mol. The number of benzene rings is 1. The summed E-state index contributed by atoms with van der Waals surface area (Å²) in [5.74, 6) is 0. The molecule has 3 heterocycles. The van der Waals surface area contributed by atoms with E-state index in [1.54, 1.807) is 0 Å². The molecular formula is C20H25N3O. The van der Waals surface area contributed by atoms with Crippen molar-refractivity contribution in [2.24, 2.45) is 0 Å². The Balaban J connectivity index is 1.48. The molecule has 1 fully saturated rings. The van der Waals surface area contributed by atoms with Gasteiger partial charge < -0.3 is 10.0 Å². The third-order valence-electron chi connectivity index (χ3n) is 5.62. The van der Waals surface area contributed by atoms with E-state index >= 15 is 0 Å². The maximum absolute atomic E-state index is 9.39. The van der Waals surface area contributed by atoms with Crippen LogP contribution >= 0.6 is 0 Å². The van der Waals surface area contributed by atoms with Gasteiger partial charge in [0.05, 0.1) is 6.61 Å². The number of aliphatic hydroxyl groups excluding tert-OH is 1. The van der Waals surface area contributed by atoms with Crippen LogP contribution in [0.3, 0.4) is 0 Å². The lowest BCUT2D eigenvalue weighted by molar-refractivity contribution is 0.159. The van der Waals surface area contributed by atoms with Crippen LogP contribution < -0.4 is 4.90 Å². The average molecular weight is 323 g/mol. The second-order valence-corrected chi connectivity index (χ2v) is 7.08. The summed E-state index contributed by atoms with van der Waals surface area (Å²) in [6.07, 6.45) is 6.18. The van der Waals surface area contributed by atoms with Crippen molar-refractivity contribution in [2.45, 2.75) is 24.8 Å². The molecule has 2 aliphatic heterocycles. The maximum Gasteiger partial charge on any atom is 0.0606 e. The smallest absolute Gasteiger partial charge is 0.0606 e. The molecule has 0 atom stereocenters. The van der Waals surface area contributed by atoms with Gasteiger partial charge >= 0.3 is 0 Å². The Labute approximate surface area is 143 Å². The van der Waals surface area contributed by atoms with Crippen LogP contribution in [0.5, 0.6) is 0 Å². The minimum Gasteiger partial charge on any atom is -0.395 e. The standard InChI is InChI=1S/C20H25N3O/c24-13-12-23-16-20(18-5-1-2-6-19(18)23)7-10-22(11-8-20)15-17-4-3-9-21-14-17/h1-6,9,14,24H,7-8,10-13,15-16H2. The molecule has 24 heavy (non-hydrogen) atoms. The predicted molar refractivity (Wildman–Crippen MR) is 96.2 cm³/mol. The molecule has 0 unspecified atom stereocenters. The van der Waals surface area contributed by atoms with Gasteiger partial charge in [0.25, 0.3) is 0 Å². The monoisotopic (exact) mass is 323 g/mol. The van der Waals surface area contributed by atoms with E-state index in [-0.39, 0.29) is 12.0 Å². The Morgan fingerprint density at radius 3 is 2.67 bits per heavy atom. The molecule has 4 rings (SSSR count). The number of piperidine rings is 1. The number of hydrogen-bond acceptors (Lipinski definition) is 4. The van der Waals surface area contributed by atoms with Crippen LogP contribution in [0.4, 0.5) is 5.69 Å². The number of pyridine rings is 1. The van der Waals surface area contributed by atoms with E-state index in [9.17, 15) is 5.11 Å². The van der Waals surface area contributed by atoms with Crippen molar-refractivity contribution in [3.8, 4) is 0 Å². The summed E-state index contributed by atoms with van der Waals surface area (Å²) in [5.41, 5.74) is 4.37. The highest BCUT2D eigenvalue weighted by atomic mass is 16.3. The fraction of sp³-hybridized carbons (Fsp3) is 0.450. The Hall–Kier alpha value is -1.91. The lowest BCUT2D eigenvalue weighted by Crippen LogP contribution is -2.45. The van der Waals surface area contributed by atoms with Crippen molar-refractivity contribution < 1.29 is 5.11 Å². The summed E-state index contributed by atoms with van der Waals surface area (Å²) in [6, 6.07) is 12.9. The van der Waals surface area contributed by atoms with Gasteiger partial charge in [-0.2, -0.15) is 0 Å². The fourth-order valence-electron chi connectivity index (χ4n) is 4.37. The molecule has 2 aromatic rings. The van der Waals surface area contributed by atoms with E-state index in [0.717, 1.165) is 32.7 Å². The molecule has 126 valence electrons. The number of fused-ring (bicyclic) bond motifs is 2. The highest BCUT2D eigenvalue weighted by molar-refractivity contribution is 5.62. The number of rotatable bonds is 4. The van der Waals surface area contributed by atoms with Gasteiger partial charge in [-0.1, -0.05) is 24.3 Å². The van der Waals surface area contributed by atoms with E-state index in [1.165, 1.54) is 29.7 Å². The zero-order valence-corrected chi connectivity index (χ0v) is 14.1. The van der Waals surface area contributed by atoms with Crippen molar-refractivity contribution in [3.63, 3.8) is 0 Å². The summed E-state index contributed by atoms with van der Waals surface area (Å²) in [4.78, 5) is 9.13. The van der Waals surface area contributed by atoms with Gasteiger partial charge in [-0.05, 0) is 49.2 Å². The highest BCUT2D eigenvalue weighted by Gasteiger charge is 2.44. The first-order valence-corrected chi connectivity index (χ1v) is 8.87. The first kappa shape index (κ1) is 15.6. The zero-order valence-electron chi connectivity index (χ0n) is 14.1. The van der Waals surface area contributed by atoms with Crippen molar-refractivity contribution in [1.82, 2.24) is 9.88 Å². The molecule has 0 radical (unpaired) electrons. The molecule has 4 heteroatoms. The SMILES string of the molecule is OCCN1CC2(CCN(Cc3cccnc3)CC2)c2ccccc21. The first-order chi connectivity index (χ1) is 11.8. The zero-order chi connectivity index (χ0) is 16.4. The molecule has 0 aliphatic carbocycles. The van der Waals surface area contributed by atoms with Gasteiger partial charge in [-0.15, -0.1) is 0 Å². The Morgan fingerprint density at radius 1 is 1.08 bits per heavy atom. The number of aromatic nitrogens is 1. The average Bonchev–Trinajstić information content (AvgIpc) is 2.93. The normalized spacial score (nSPS) is 19.6. The summed E-state index contributed by atoms with van der Waals surface area (Å²) in [6.45, 7) is 5.24. The van der Waals surface area contributed by atoms with Crippen LogP contribution in [0.25, 0.3) is 0 Å². The lowest BCUT2D eigenvalue weighted by atomic mass is 9.74. The molecule has 1 spiro atoms. The molecule has 1 N–H and O–H groups in total. The number of nitrogens with zero attached hydrogens (tertiary/aromatic N) is 3. The van der Waals surface area contributed by atoms with Gasteiger partial charge in [0.1, 0.15) is 0 Å². The van der Waals surface area contributed by atoms with Crippen LogP contribution in [0.1, 0.15) is 24.0 Å². The van der Waals surface area contributed by atoms with E-state index in [1.807, 2.05) is 18.5 Å². The topological polar surface area (TPSA) is 39.6 Å². The van der Waals surface area contributed by atoms with Crippen molar-refractivity contribution in [2.75, 3.05) is 37.7 Å². The summed E-state index contributed by atoms with van der Waals surface area (Å²) in [5, 5.41) is 9.39. The summed E-state index contributed by atoms with van der Waals surface area (Å²) < 4.78 is 0. The van der Waals surface area contributed by atoms with E-state index in [2.05, 4.69) is 45.1 Å². The van der Waals surface area contributed by atoms with Crippen molar-refractivity contribution >= 4 is 5.69 Å². The molecule has 0 amide bonds. The van der Waals surface area contributed by atoms with Crippen LogP contribution in [0, 0.1) is 0 Å². The van der Waals surface area contributed by atoms with Crippen molar-refractivity contribution in [1.29, 1.82) is 0 Å². The Bertz CT molecular complexity index is 680. The maximum atomic E-state index is 9.39. The molecule has 0 saturated carbocycles. The highest BCUT2D eigenvalue weighted by Crippen LogP contribution is 2.46. The number of para-hydroxylation sites is 1. The number of hydrogen-bond donors (Lipinski definition) is 1. The quantitative estimate of drug-likeness (QED) is 0.938.